The van der Waals surface area contributed by atoms with Crippen LogP contribution in [0.2, 0.25) is 0 Å². The van der Waals surface area contributed by atoms with Gasteiger partial charge in [0.2, 0.25) is 5.91 Å². The predicted molar refractivity (Wildman–Crippen MR) is 70.7 cm³/mol. The predicted octanol–water partition coefficient (Wildman–Crippen LogP) is 0.960. The highest BCUT2D eigenvalue weighted by Crippen LogP contribution is 2.26. The van der Waals surface area contributed by atoms with Gasteiger partial charge in [0.15, 0.2) is 0 Å². The summed E-state index contributed by atoms with van der Waals surface area (Å²) in [7, 11) is 2.15. The van der Waals surface area contributed by atoms with Crippen LogP contribution >= 0.6 is 0 Å². The number of hydrogen-bond donors (Lipinski definition) is 2. The van der Waals surface area contributed by atoms with Crippen LogP contribution in [0.5, 0.6) is 0 Å². The van der Waals surface area contributed by atoms with Crippen molar-refractivity contribution in [3.05, 3.63) is 0 Å². The average molecular weight is 241 g/mol. The lowest BCUT2D eigenvalue weighted by atomic mass is 10.0. The molecule has 0 bridgehead atoms. The molecule has 1 saturated carbocycles. The zero-order chi connectivity index (χ0) is 12.8. The molecule has 4 nitrogen and oxygen atoms in total. The van der Waals surface area contributed by atoms with E-state index in [1.54, 1.807) is 0 Å². The van der Waals surface area contributed by atoms with E-state index >= 15 is 0 Å². The number of rotatable bonds is 8. The van der Waals surface area contributed by atoms with Crippen LogP contribution in [0.3, 0.4) is 0 Å². The Labute approximate surface area is 105 Å². The number of amides is 1. The molecule has 2 unspecified atom stereocenters. The van der Waals surface area contributed by atoms with E-state index in [9.17, 15) is 4.79 Å². The Morgan fingerprint density at radius 2 is 2.12 bits per heavy atom. The normalized spacial score (nSPS) is 19.1. The lowest BCUT2D eigenvalue weighted by Gasteiger charge is -2.25. The van der Waals surface area contributed by atoms with E-state index in [1.807, 2.05) is 6.92 Å². The minimum atomic E-state index is 0.0805. The minimum absolute atomic E-state index is 0.0805. The van der Waals surface area contributed by atoms with Crippen molar-refractivity contribution in [2.24, 2.45) is 11.7 Å². The van der Waals surface area contributed by atoms with E-state index in [4.69, 9.17) is 5.73 Å². The van der Waals surface area contributed by atoms with E-state index in [0.29, 0.717) is 12.6 Å². The number of nitrogens with zero attached hydrogens (tertiary/aromatic N) is 1. The van der Waals surface area contributed by atoms with Crippen LogP contribution in [0.25, 0.3) is 0 Å². The van der Waals surface area contributed by atoms with Gasteiger partial charge >= 0.3 is 0 Å². The number of nitrogens with two attached hydrogens (primary N) is 1. The smallest absolute Gasteiger partial charge is 0.222 e. The van der Waals surface area contributed by atoms with Gasteiger partial charge < -0.3 is 11.1 Å². The summed E-state index contributed by atoms with van der Waals surface area (Å²) in [5, 5.41) is 3.03. The second-order valence-corrected chi connectivity index (χ2v) is 5.32. The number of hydrogen-bond acceptors (Lipinski definition) is 3. The number of carbonyl (C=O) groups excluding carboxylic acids is 1. The van der Waals surface area contributed by atoms with E-state index in [-0.39, 0.29) is 11.8 Å². The molecular formula is C13H27N3O. The Morgan fingerprint density at radius 1 is 1.47 bits per heavy atom. The first-order chi connectivity index (χ1) is 8.06. The maximum atomic E-state index is 11.8. The third kappa shape index (κ3) is 5.04. The van der Waals surface area contributed by atoms with Crippen molar-refractivity contribution in [3.63, 3.8) is 0 Å². The molecule has 0 aromatic rings. The molecule has 0 saturated heterocycles. The van der Waals surface area contributed by atoms with Crippen LogP contribution in [0.15, 0.2) is 0 Å². The van der Waals surface area contributed by atoms with Crippen molar-refractivity contribution in [3.8, 4) is 0 Å². The lowest BCUT2D eigenvalue weighted by molar-refractivity contribution is -0.124. The molecule has 0 aromatic carbocycles. The summed E-state index contributed by atoms with van der Waals surface area (Å²) in [6.45, 7) is 5.56. The molecule has 0 aromatic heterocycles. The molecule has 1 fully saturated rings. The molecule has 2 atom stereocenters. The van der Waals surface area contributed by atoms with Crippen LogP contribution in [0.4, 0.5) is 0 Å². The second kappa shape index (κ2) is 6.97. The largest absolute Gasteiger partial charge is 0.354 e. The van der Waals surface area contributed by atoms with E-state index < -0.39 is 0 Å². The molecule has 0 heterocycles. The molecule has 0 aliphatic heterocycles. The molecule has 0 radical (unpaired) electrons. The van der Waals surface area contributed by atoms with E-state index in [2.05, 4.69) is 24.2 Å². The molecule has 1 aliphatic carbocycles. The van der Waals surface area contributed by atoms with Gasteiger partial charge in [-0.15, -0.1) is 0 Å². The molecule has 3 N–H and O–H groups in total. The van der Waals surface area contributed by atoms with Crippen LogP contribution in [-0.2, 0) is 4.79 Å². The number of carbonyl (C=O) groups is 1. The Bertz CT molecular complexity index is 241. The Balaban J connectivity index is 2.17. The van der Waals surface area contributed by atoms with Crippen LogP contribution < -0.4 is 11.1 Å². The van der Waals surface area contributed by atoms with Gasteiger partial charge in [0.1, 0.15) is 0 Å². The molecule has 1 aliphatic rings. The van der Waals surface area contributed by atoms with Gasteiger partial charge in [-0.05, 0) is 46.2 Å². The lowest BCUT2D eigenvalue weighted by Crippen LogP contribution is -2.42. The van der Waals surface area contributed by atoms with Gasteiger partial charge in [0, 0.05) is 24.5 Å². The number of likely N-dealkylation sites (N-methyl/N-ethyl adjacent to an activating group) is 1. The summed E-state index contributed by atoms with van der Waals surface area (Å²) in [5.74, 6) is 0.242. The minimum Gasteiger partial charge on any atom is -0.354 e. The highest BCUT2D eigenvalue weighted by Gasteiger charge is 2.29. The zero-order valence-corrected chi connectivity index (χ0v) is 11.4. The summed E-state index contributed by atoms with van der Waals surface area (Å²) in [5.41, 5.74) is 5.44. The molecule has 0 spiro atoms. The maximum Gasteiger partial charge on any atom is 0.222 e. The van der Waals surface area contributed by atoms with E-state index in [1.165, 1.54) is 12.8 Å². The van der Waals surface area contributed by atoms with Gasteiger partial charge in [0.05, 0.1) is 0 Å². The van der Waals surface area contributed by atoms with Gasteiger partial charge in [-0.3, -0.25) is 9.69 Å². The van der Waals surface area contributed by atoms with Crippen molar-refractivity contribution in [1.82, 2.24) is 10.2 Å². The second-order valence-electron chi connectivity index (χ2n) is 5.32. The highest BCUT2D eigenvalue weighted by molar-refractivity contribution is 5.78. The number of nitrogens with one attached hydrogen (secondary N) is 1. The summed E-state index contributed by atoms with van der Waals surface area (Å²) in [6, 6.07) is 1.17. The van der Waals surface area contributed by atoms with Crippen molar-refractivity contribution in [2.45, 2.75) is 51.6 Å². The fourth-order valence-electron chi connectivity index (χ4n) is 1.96. The van der Waals surface area contributed by atoms with Gasteiger partial charge in [-0.1, -0.05) is 6.92 Å². The zero-order valence-electron chi connectivity index (χ0n) is 11.4. The van der Waals surface area contributed by atoms with Crippen molar-refractivity contribution >= 4 is 5.91 Å². The molecule has 17 heavy (non-hydrogen) atoms. The quantitative estimate of drug-likeness (QED) is 0.665. The summed E-state index contributed by atoms with van der Waals surface area (Å²) in [6.07, 6.45) is 4.42. The van der Waals surface area contributed by atoms with Crippen LogP contribution in [0.1, 0.15) is 39.5 Å². The monoisotopic (exact) mass is 241 g/mol. The summed E-state index contributed by atoms with van der Waals surface area (Å²) < 4.78 is 0. The Hall–Kier alpha value is -0.610. The fourth-order valence-corrected chi connectivity index (χ4v) is 1.96. The first kappa shape index (κ1) is 14.5. The fraction of sp³-hybridized carbons (Fsp3) is 0.923. The van der Waals surface area contributed by atoms with Crippen molar-refractivity contribution < 1.29 is 4.79 Å². The molecule has 100 valence electrons. The van der Waals surface area contributed by atoms with Gasteiger partial charge in [-0.2, -0.15) is 0 Å². The maximum absolute atomic E-state index is 11.8. The standard InChI is InChI=1S/C13H27N3O/c1-10(5-4-8-14)13(17)15-9-11(2)16(3)12-6-7-12/h10-12H,4-9,14H2,1-3H3,(H,15,17). The van der Waals surface area contributed by atoms with Gasteiger partial charge in [-0.25, -0.2) is 0 Å². The highest BCUT2D eigenvalue weighted by atomic mass is 16.1. The SMILES string of the molecule is CC(CCCN)C(=O)NCC(C)N(C)C1CC1. The average Bonchev–Trinajstić information content (AvgIpc) is 3.15. The first-order valence-corrected chi connectivity index (χ1v) is 6.76. The topological polar surface area (TPSA) is 58.4 Å². The van der Waals surface area contributed by atoms with Gasteiger partial charge in [0.25, 0.3) is 0 Å². The summed E-state index contributed by atoms with van der Waals surface area (Å²) >= 11 is 0. The third-order valence-corrected chi connectivity index (χ3v) is 3.68. The molecular weight excluding hydrogens is 214 g/mol. The van der Waals surface area contributed by atoms with Crippen LogP contribution in [-0.4, -0.2) is 43.0 Å². The Morgan fingerprint density at radius 3 is 2.65 bits per heavy atom. The Kier molecular flexibility index (Phi) is 5.92. The first-order valence-electron chi connectivity index (χ1n) is 6.76. The molecule has 4 heteroatoms. The summed E-state index contributed by atoms with van der Waals surface area (Å²) in [4.78, 5) is 14.2. The molecule has 1 rings (SSSR count). The molecule has 1 amide bonds. The van der Waals surface area contributed by atoms with E-state index in [0.717, 1.165) is 25.4 Å². The van der Waals surface area contributed by atoms with Crippen LogP contribution in [0, 0.1) is 5.92 Å². The third-order valence-electron chi connectivity index (χ3n) is 3.68. The van der Waals surface area contributed by atoms with Crippen molar-refractivity contribution in [2.75, 3.05) is 20.1 Å². The van der Waals surface area contributed by atoms with Crippen molar-refractivity contribution in [1.29, 1.82) is 0 Å².